The Kier molecular flexibility index (Phi) is 5.90. The van der Waals surface area contributed by atoms with E-state index in [-0.39, 0.29) is 23.7 Å². The summed E-state index contributed by atoms with van der Waals surface area (Å²) in [6.45, 7) is 1.21. The second-order valence-corrected chi connectivity index (χ2v) is 8.06. The molecule has 3 rings (SSSR count). The highest BCUT2D eigenvalue weighted by Gasteiger charge is 2.29. The van der Waals surface area contributed by atoms with E-state index in [4.69, 9.17) is 21.7 Å². The van der Waals surface area contributed by atoms with Crippen LogP contribution < -0.4 is 10.1 Å². The van der Waals surface area contributed by atoms with Gasteiger partial charge in [-0.3, -0.25) is 4.79 Å². The van der Waals surface area contributed by atoms with Gasteiger partial charge in [0, 0.05) is 25.0 Å². The summed E-state index contributed by atoms with van der Waals surface area (Å²) in [5.41, 5.74) is 0.617. The Bertz CT molecular complexity index is 998. The normalized spacial score (nSPS) is 15.3. The molecule has 0 saturated carbocycles. The Morgan fingerprint density at radius 1 is 1.30 bits per heavy atom. The molecule has 0 aliphatic carbocycles. The second kappa shape index (κ2) is 8.17. The number of H-pyrrole nitrogens is 1. The van der Waals surface area contributed by atoms with E-state index in [0.717, 1.165) is 0 Å². The molecule has 27 heavy (non-hydrogen) atoms. The van der Waals surface area contributed by atoms with Crippen molar-refractivity contribution in [1.82, 2.24) is 9.29 Å². The molecule has 2 aromatic rings. The molecule has 1 amide bonds. The zero-order valence-corrected chi connectivity index (χ0v) is 16.2. The first-order valence-electron chi connectivity index (χ1n) is 8.18. The Morgan fingerprint density at radius 2 is 2.04 bits per heavy atom. The zero-order valence-electron chi connectivity index (χ0n) is 14.6. The molecular formula is C17H19N3O5S2. The lowest BCUT2D eigenvalue weighted by Crippen LogP contribution is -2.40. The van der Waals surface area contributed by atoms with Crippen molar-refractivity contribution < 1.29 is 22.7 Å². The minimum Gasteiger partial charge on any atom is -0.495 e. The predicted molar refractivity (Wildman–Crippen MR) is 102 cm³/mol. The summed E-state index contributed by atoms with van der Waals surface area (Å²) in [4.78, 5) is 15.2. The van der Waals surface area contributed by atoms with Crippen LogP contribution in [0.1, 0.15) is 10.4 Å². The van der Waals surface area contributed by atoms with Crippen LogP contribution in [0.4, 0.5) is 5.69 Å². The third-order valence-corrected chi connectivity index (χ3v) is 6.33. The summed E-state index contributed by atoms with van der Waals surface area (Å²) in [5, 5.41) is 2.68. The number of hydrogen-bond donors (Lipinski definition) is 2. The lowest BCUT2D eigenvalue weighted by Gasteiger charge is -2.26. The maximum Gasteiger partial charge on any atom is 0.258 e. The van der Waals surface area contributed by atoms with E-state index in [2.05, 4.69) is 10.3 Å². The van der Waals surface area contributed by atoms with Gasteiger partial charge in [-0.25, -0.2) is 8.42 Å². The van der Waals surface area contributed by atoms with Crippen LogP contribution in [0, 0.1) is 4.64 Å². The van der Waals surface area contributed by atoms with E-state index in [0.29, 0.717) is 29.1 Å². The Morgan fingerprint density at radius 3 is 2.70 bits per heavy atom. The quantitative estimate of drug-likeness (QED) is 0.733. The molecule has 1 aliphatic rings. The number of morpholine rings is 1. The highest BCUT2D eigenvalue weighted by Crippen LogP contribution is 2.30. The van der Waals surface area contributed by atoms with Crippen LogP contribution >= 0.6 is 12.2 Å². The van der Waals surface area contributed by atoms with Crippen molar-refractivity contribution in [3.63, 3.8) is 0 Å². The number of benzene rings is 1. The summed E-state index contributed by atoms with van der Waals surface area (Å²) in [5.74, 6) is -0.228. The summed E-state index contributed by atoms with van der Waals surface area (Å²) in [7, 11) is -2.39. The van der Waals surface area contributed by atoms with Crippen molar-refractivity contribution >= 4 is 33.8 Å². The Hall–Kier alpha value is -2.27. The monoisotopic (exact) mass is 409 g/mol. The number of carbonyl (C=O) groups is 1. The Balaban J connectivity index is 1.93. The number of methoxy groups -OCH3 is 1. The smallest absolute Gasteiger partial charge is 0.258 e. The van der Waals surface area contributed by atoms with Crippen LogP contribution in [-0.2, 0) is 14.8 Å². The molecule has 1 aromatic heterocycles. The first kappa shape index (κ1) is 19.5. The van der Waals surface area contributed by atoms with Crippen LogP contribution in [0.5, 0.6) is 5.75 Å². The van der Waals surface area contributed by atoms with Gasteiger partial charge in [0.1, 0.15) is 15.3 Å². The lowest BCUT2D eigenvalue weighted by atomic mass is 10.2. The molecule has 0 spiro atoms. The molecule has 0 radical (unpaired) electrons. The summed E-state index contributed by atoms with van der Waals surface area (Å²) in [6, 6.07) is 7.72. The largest absolute Gasteiger partial charge is 0.495 e. The minimum absolute atomic E-state index is 0.0112. The van der Waals surface area contributed by atoms with Gasteiger partial charge in [-0.1, -0.05) is 12.2 Å². The van der Waals surface area contributed by atoms with Gasteiger partial charge >= 0.3 is 0 Å². The molecule has 0 bridgehead atoms. The standard InChI is InChI=1S/C17H19N3O5S2/c1-24-14-5-4-12(19-16(21)13-3-2-6-18-17(13)26)11-15(14)27(22,23)20-7-9-25-10-8-20/h2-6,11H,7-10H2,1H3,(H,18,26)(H,19,21). The molecule has 1 saturated heterocycles. The van der Waals surface area contributed by atoms with Crippen molar-refractivity contribution in [2.75, 3.05) is 38.7 Å². The number of aromatic nitrogens is 1. The average molecular weight is 409 g/mol. The third kappa shape index (κ3) is 4.19. The molecule has 0 atom stereocenters. The van der Waals surface area contributed by atoms with Crippen LogP contribution in [0.25, 0.3) is 0 Å². The maximum atomic E-state index is 13.0. The molecule has 2 heterocycles. The highest BCUT2D eigenvalue weighted by molar-refractivity contribution is 7.89. The average Bonchev–Trinajstić information content (AvgIpc) is 2.69. The van der Waals surface area contributed by atoms with Crippen LogP contribution in [-0.4, -0.2) is 57.0 Å². The number of amides is 1. The minimum atomic E-state index is -3.79. The molecule has 0 unspecified atom stereocenters. The van der Waals surface area contributed by atoms with E-state index in [1.165, 1.54) is 23.5 Å². The molecule has 10 heteroatoms. The lowest BCUT2D eigenvalue weighted by molar-refractivity contribution is 0.0729. The number of hydrogen-bond acceptors (Lipinski definition) is 6. The van der Waals surface area contributed by atoms with Gasteiger partial charge in [0.15, 0.2) is 0 Å². The highest BCUT2D eigenvalue weighted by atomic mass is 32.2. The first-order chi connectivity index (χ1) is 12.9. The number of rotatable bonds is 5. The number of aromatic amines is 1. The van der Waals surface area contributed by atoms with Gasteiger partial charge in [0.05, 0.1) is 25.9 Å². The fourth-order valence-corrected chi connectivity index (χ4v) is 4.50. The molecular weight excluding hydrogens is 390 g/mol. The molecule has 8 nitrogen and oxygen atoms in total. The number of ether oxygens (including phenoxy) is 2. The topological polar surface area (TPSA) is 101 Å². The maximum absolute atomic E-state index is 13.0. The van der Waals surface area contributed by atoms with Crippen LogP contribution in [0.2, 0.25) is 0 Å². The predicted octanol–water partition coefficient (Wildman–Crippen LogP) is 2.03. The van der Waals surface area contributed by atoms with Gasteiger partial charge < -0.3 is 19.8 Å². The zero-order chi connectivity index (χ0) is 19.4. The summed E-state index contributed by atoms with van der Waals surface area (Å²) >= 11 is 5.10. The van der Waals surface area contributed by atoms with Gasteiger partial charge in [0.2, 0.25) is 10.0 Å². The number of pyridine rings is 1. The molecule has 1 aliphatic heterocycles. The number of sulfonamides is 1. The van der Waals surface area contributed by atoms with Crippen molar-refractivity contribution in [1.29, 1.82) is 0 Å². The Labute approximate surface area is 162 Å². The SMILES string of the molecule is COc1ccc(NC(=O)c2ccc[nH]c2=S)cc1S(=O)(=O)N1CCOCC1. The van der Waals surface area contributed by atoms with Gasteiger partial charge in [-0.15, -0.1) is 0 Å². The number of nitrogens with one attached hydrogen (secondary N) is 2. The summed E-state index contributed by atoms with van der Waals surface area (Å²) < 4.78 is 38.0. The number of nitrogens with zero attached hydrogens (tertiary/aromatic N) is 1. The summed E-state index contributed by atoms with van der Waals surface area (Å²) in [6.07, 6.45) is 1.62. The van der Waals surface area contributed by atoms with E-state index in [1.54, 1.807) is 24.4 Å². The van der Waals surface area contributed by atoms with E-state index < -0.39 is 15.9 Å². The molecule has 1 aromatic carbocycles. The van der Waals surface area contributed by atoms with Crippen LogP contribution in [0.15, 0.2) is 41.4 Å². The number of carbonyl (C=O) groups excluding carboxylic acids is 1. The van der Waals surface area contributed by atoms with Crippen LogP contribution in [0.3, 0.4) is 0 Å². The van der Waals surface area contributed by atoms with Crippen molar-refractivity contribution in [2.45, 2.75) is 4.90 Å². The van der Waals surface area contributed by atoms with Crippen molar-refractivity contribution in [3.8, 4) is 5.75 Å². The fraction of sp³-hybridized carbons (Fsp3) is 0.294. The van der Waals surface area contributed by atoms with E-state index in [1.807, 2.05) is 0 Å². The molecule has 2 N–H and O–H groups in total. The number of anilines is 1. The second-order valence-electron chi connectivity index (χ2n) is 5.75. The fourth-order valence-electron chi connectivity index (χ4n) is 2.68. The van der Waals surface area contributed by atoms with Gasteiger partial charge in [0.25, 0.3) is 5.91 Å². The van der Waals surface area contributed by atoms with Gasteiger partial charge in [-0.2, -0.15) is 4.31 Å². The van der Waals surface area contributed by atoms with Crippen molar-refractivity contribution in [3.05, 3.63) is 46.7 Å². The third-order valence-electron chi connectivity index (χ3n) is 4.07. The first-order valence-corrected chi connectivity index (χ1v) is 10.0. The van der Waals surface area contributed by atoms with E-state index in [9.17, 15) is 13.2 Å². The molecule has 1 fully saturated rings. The van der Waals surface area contributed by atoms with Gasteiger partial charge in [-0.05, 0) is 30.3 Å². The van der Waals surface area contributed by atoms with E-state index >= 15 is 0 Å². The van der Waals surface area contributed by atoms with Crippen molar-refractivity contribution in [2.24, 2.45) is 0 Å². The molecule has 144 valence electrons.